The molecule has 27 heavy (non-hydrogen) atoms. The number of nitrogens with one attached hydrogen (secondary N) is 1. The van der Waals surface area contributed by atoms with Gasteiger partial charge < -0.3 is 9.84 Å². The highest BCUT2D eigenvalue weighted by atomic mass is 16.5. The summed E-state index contributed by atoms with van der Waals surface area (Å²) >= 11 is 0. The third kappa shape index (κ3) is 11.3. The fourth-order valence-corrected chi connectivity index (χ4v) is 2.94. The average molecular weight is 377 g/mol. The third-order valence-corrected chi connectivity index (χ3v) is 4.63. The SMILES string of the molecule is CCCCCCCCCCCCCC(=O)N/N=C/c1cc(OC)ccc1O. The van der Waals surface area contributed by atoms with Crippen LogP contribution in [0.1, 0.15) is 89.5 Å². The molecule has 152 valence electrons. The highest BCUT2D eigenvalue weighted by molar-refractivity contribution is 5.85. The molecule has 0 aliphatic carbocycles. The van der Waals surface area contributed by atoms with Gasteiger partial charge >= 0.3 is 0 Å². The first-order chi connectivity index (χ1) is 13.2. The molecular weight excluding hydrogens is 340 g/mol. The van der Waals surface area contributed by atoms with Crippen molar-refractivity contribution in [3.8, 4) is 11.5 Å². The fraction of sp³-hybridized carbons (Fsp3) is 0.636. The number of hydrogen-bond acceptors (Lipinski definition) is 4. The summed E-state index contributed by atoms with van der Waals surface area (Å²) in [6.07, 6.45) is 15.8. The Morgan fingerprint density at radius 3 is 2.22 bits per heavy atom. The van der Waals surface area contributed by atoms with Gasteiger partial charge in [-0.3, -0.25) is 4.79 Å². The normalized spacial score (nSPS) is 11.0. The van der Waals surface area contributed by atoms with Crippen LogP contribution in [0.2, 0.25) is 0 Å². The fourth-order valence-electron chi connectivity index (χ4n) is 2.94. The van der Waals surface area contributed by atoms with E-state index >= 15 is 0 Å². The molecule has 5 nitrogen and oxygen atoms in total. The molecule has 0 spiro atoms. The summed E-state index contributed by atoms with van der Waals surface area (Å²) < 4.78 is 5.10. The van der Waals surface area contributed by atoms with Crippen LogP contribution < -0.4 is 10.2 Å². The van der Waals surface area contributed by atoms with Crippen molar-refractivity contribution < 1.29 is 14.6 Å². The van der Waals surface area contributed by atoms with Crippen LogP contribution in [0, 0.1) is 0 Å². The summed E-state index contributed by atoms with van der Waals surface area (Å²) in [5.41, 5.74) is 3.01. The van der Waals surface area contributed by atoms with E-state index in [-0.39, 0.29) is 11.7 Å². The minimum absolute atomic E-state index is 0.0930. The lowest BCUT2D eigenvalue weighted by atomic mass is 10.1. The van der Waals surface area contributed by atoms with E-state index in [1.165, 1.54) is 70.1 Å². The number of carbonyl (C=O) groups is 1. The molecule has 1 aromatic rings. The zero-order chi connectivity index (χ0) is 19.7. The standard InChI is InChI=1S/C22H36N2O3/c1-3-4-5-6-7-8-9-10-11-12-13-14-22(26)24-23-18-19-17-20(27-2)15-16-21(19)25/h15-18,25H,3-14H2,1-2H3,(H,24,26)/b23-18+. The van der Waals surface area contributed by atoms with Gasteiger partial charge in [-0.1, -0.05) is 71.1 Å². The molecule has 5 heteroatoms. The van der Waals surface area contributed by atoms with E-state index in [9.17, 15) is 9.90 Å². The summed E-state index contributed by atoms with van der Waals surface area (Å²) in [5.74, 6) is 0.630. The van der Waals surface area contributed by atoms with Crippen molar-refractivity contribution in [3.63, 3.8) is 0 Å². The lowest BCUT2D eigenvalue weighted by molar-refractivity contribution is -0.121. The summed E-state index contributed by atoms with van der Waals surface area (Å²) in [5, 5.41) is 13.7. The maximum Gasteiger partial charge on any atom is 0.240 e. The number of unbranched alkanes of at least 4 members (excludes halogenated alkanes) is 10. The van der Waals surface area contributed by atoms with Gasteiger partial charge in [-0.2, -0.15) is 5.10 Å². The Morgan fingerprint density at radius 1 is 1.04 bits per heavy atom. The summed E-state index contributed by atoms with van der Waals surface area (Å²) in [6.45, 7) is 2.25. The van der Waals surface area contributed by atoms with E-state index < -0.39 is 0 Å². The van der Waals surface area contributed by atoms with Crippen molar-refractivity contribution in [2.24, 2.45) is 5.10 Å². The highest BCUT2D eigenvalue weighted by Crippen LogP contribution is 2.21. The number of hydrogen-bond donors (Lipinski definition) is 2. The van der Waals surface area contributed by atoms with Crippen LogP contribution in [0.4, 0.5) is 0 Å². The second-order valence-electron chi connectivity index (χ2n) is 7.00. The van der Waals surface area contributed by atoms with Gasteiger partial charge in [-0.25, -0.2) is 5.43 Å². The molecule has 0 radical (unpaired) electrons. The smallest absolute Gasteiger partial charge is 0.240 e. The number of methoxy groups -OCH3 is 1. The topological polar surface area (TPSA) is 70.9 Å². The number of hydrazone groups is 1. The van der Waals surface area contributed by atoms with Gasteiger partial charge in [-0.15, -0.1) is 0 Å². The number of benzene rings is 1. The van der Waals surface area contributed by atoms with Crippen LogP contribution in [0.3, 0.4) is 0 Å². The Hall–Kier alpha value is -2.04. The van der Waals surface area contributed by atoms with Gasteiger partial charge in [0.05, 0.1) is 13.3 Å². The largest absolute Gasteiger partial charge is 0.507 e. The first kappa shape index (κ1) is 23.0. The minimum atomic E-state index is -0.0930. The van der Waals surface area contributed by atoms with Crippen molar-refractivity contribution >= 4 is 12.1 Å². The highest BCUT2D eigenvalue weighted by Gasteiger charge is 2.02. The van der Waals surface area contributed by atoms with E-state index in [0.29, 0.717) is 17.7 Å². The molecule has 0 atom stereocenters. The van der Waals surface area contributed by atoms with Crippen molar-refractivity contribution in [1.82, 2.24) is 5.43 Å². The molecule has 0 saturated carbocycles. The van der Waals surface area contributed by atoms with Crippen LogP contribution in [-0.4, -0.2) is 24.3 Å². The second-order valence-corrected chi connectivity index (χ2v) is 7.00. The van der Waals surface area contributed by atoms with Gasteiger partial charge in [-0.05, 0) is 24.6 Å². The molecule has 0 aliphatic heterocycles. The molecule has 0 fully saturated rings. The lowest BCUT2D eigenvalue weighted by Gasteiger charge is -2.04. The zero-order valence-electron chi connectivity index (χ0n) is 17.0. The quantitative estimate of drug-likeness (QED) is 0.239. The third-order valence-electron chi connectivity index (χ3n) is 4.63. The Morgan fingerprint density at radius 2 is 1.63 bits per heavy atom. The number of carbonyl (C=O) groups excluding carboxylic acids is 1. The van der Waals surface area contributed by atoms with E-state index in [4.69, 9.17) is 4.74 Å². The Balaban J connectivity index is 2.04. The Kier molecular flexibility index (Phi) is 12.8. The van der Waals surface area contributed by atoms with Gasteiger partial charge in [0.25, 0.3) is 0 Å². The molecule has 0 bridgehead atoms. The van der Waals surface area contributed by atoms with Gasteiger partial charge in [0.2, 0.25) is 5.91 Å². The molecule has 1 amide bonds. The Labute approximate surface area is 164 Å². The van der Waals surface area contributed by atoms with E-state index in [0.717, 1.165) is 12.8 Å². The van der Waals surface area contributed by atoms with Crippen molar-refractivity contribution in [2.75, 3.05) is 7.11 Å². The summed E-state index contributed by atoms with van der Waals surface area (Å²) in [6, 6.07) is 4.86. The first-order valence-electron chi connectivity index (χ1n) is 10.4. The van der Waals surface area contributed by atoms with E-state index in [1.807, 2.05) is 0 Å². The van der Waals surface area contributed by atoms with Crippen LogP contribution in [0.5, 0.6) is 11.5 Å². The first-order valence-corrected chi connectivity index (χ1v) is 10.4. The monoisotopic (exact) mass is 376 g/mol. The van der Waals surface area contributed by atoms with Gasteiger partial charge in [0.15, 0.2) is 0 Å². The molecule has 0 aromatic heterocycles. The maximum atomic E-state index is 11.8. The minimum Gasteiger partial charge on any atom is -0.507 e. The molecule has 2 N–H and O–H groups in total. The van der Waals surface area contributed by atoms with E-state index in [2.05, 4.69) is 17.5 Å². The molecule has 1 rings (SSSR count). The van der Waals surface area contributed by atoms with E-state index in [1.54, 1.807) is 19.2 Å². The molecular formula is C22H36N2O3. The summed E-state index contributed by atoms with van der Waals surface area (Å²) in [7, 11) is 1.56. The van der Waals surface area contributed by atoms with Crippen LogP contribution in [0.25, 0.3) is 0 Å². The van der Waals surface area contributed by atoms with Crippen LogP contribution in [0.15, 0.2) is 23.3 Å². The van der Waals surface area contributed by atoms with Crippen LogP contribution in [-0.2, 0) is 4.79 Å². The number of rotatable bonds is 15. The molecule has 0 unspecified atom stereocenters. The Bertz CT molecular complexity index is 558. The zero-order valence-corrected chi connectivity index (χ0v) is 17.0. The van der Waals surface area contributed by atoms with Gasteiger partial charge in [0, 0.05) is 12.0 Å². The number of phenols is 1. The van der Waals surface area contributed by atoms with Crippen molar-refractivity contribution in [3.05, 3.63) is 23.8 Å². The van der Waals surface area contributed by atoms with Gasteiger partial charge in [0.1, 0.15) is 11.5 Å². The summed E-state index contributed by atoms with van der Waals surface area (Å²) in [4.78, 5) is 11.8. The molecule has 0 saturated heterocycles. The molecule has 1 aromatic carbocycles. The maximum absolute atomic E-state index is 11.8. The molecule has 0 aliphatic rings. The number of ether oxygens (including phenoxy) is 1. The van der Waals surface area contributed by atoms with Crippen LogP contribution >= 0.6 is 0 Å². The number of nitrogens with zero attached hydrogens (tertiary/aromatic N) is 1. The lowest BCUT2D eigenvalue weighted by Crippen LogP contribution is -2.16. The van der Waals surface area contributed by atoms with Crippen molar-refractivity contribution in [2.45, 2.75) is 84.0 Å². The molecule has 0 heterocycles. The number of phenolic OH excluding ortho intramolecular Hbond substituents is 1. The second kappa shape index (κ2) is 15.1. The number of aromatic hydroxyl groups is 1. The van der Waals surface area contributed by atoms with Crippen molar-refractivity contribution in [1.29, 1.82) is 0 Å². The predicted molar refractivity (Wildman–Crippen MR) is 111 cm³/mol. The predicted octanol–water partition coefficient (Wildman–Crippen LogP) is 5.55. The average Bonchev–Trinajstić information content (AvgIpc) is 2.67. The number of amides is 1.